The second kappa shape index (κ2) is 25.7. The first-order chi connectivity index (χ1) is 47.0. The number of hydrogen-bond acceptors (Lipinski definition) is 16. The molecule has 524 valence electrons. The molecule has 5 aliphatic heterocycles. The molecule has 1 fully saturated rings. The second-order valence-electron chi connectivity index (χ2n) is 26.2. The largest absolute Gasteiger partial charge is 0.456 e. The predicted molar refractivity (Wildman–Crippen MR) is 371 cm³/mol. The lowest BCUT2D eigenvalue weighted by molar-refractivity contribution is -0.137. The van der Waals surface area contributed by atoms with Crippen LogP contribution in [0.25, 0.3) is 37.7 Å². The molecule has 8 aromatic rings. The third kappa shape index (κ3) is 13.0. The molecular weight excluding hydrogens is 1420 g/mol. The van der Waals surface area contributed by atoms with E-state index in [0.717, 1.165) is 53.3 Å². The highest BCUT2D eigenvalue weighted by Crippen LogP contribution is 2.55. The number of unbranched alkanes of at least 4 members (excludes halogenated alkanes) is 3. The van der Waals surface area contributed by atoms with Crippen LogP contribution in [0.5, 0.6) is 11.5 Å². The van der Waals surface area contributed by atoms with Crippen LogP contribution in [0.3, 0.4) is 0 Å². The van der Waals surface area contributed by atoms with Gasteiger partial charge in [-0.3, -0.25) is 28.1 Å². The van der Waals surface area contributed by atoms with Gasteiger partial charge >= 0.3 is 32.4 Å². The van der Waals surface area contributed by atoms with Crippen LogP contribution >= 0.6 is 34.4 Å². The van der Waals surface area contributed by atoms with Crippen molar-refractivity contribution in [3.8, 4) is 43.6 Å². The van der Waals surface area contributed by atoms with E-state index in [4.69, 9.17) is 9.72 Å². The highest BCUT2D eigenvalue weighted by atomic mass is 32.3. The van der Waals surface area contributed by atoms with Crippen molar-refractivity contribution in [2.45, 2.75) is 127 Å². The lowest BCUT2D eigenvalue weighted by Crippen LogP contribution is -2.56. The van der Waals surface area contributed by atoms with E-state index in [-0.39, 0.29) is 79.0 Å². The minimum absolute atomic E-state index is 0.00772. The van der Waals surface area contributed by atoms with Crippen molar-refractivity contribution >= 4 is 111 Å². The van der Waals surface area contributed by atoms with Gasteiger partial charge in [-0.2, -0.15) is 38.4 Å². The molecule has 100 heavy (non-hydrogen) atoms. The fraction of sp³-hybridized carbons (Fsp3) is 0.319. The van der Waals surface area contributed by atoms with Crippen molar-refractivity contribution in [1.82, 2.24) is 14.9 Å². The molecule has 0 unspecified atom stereocenters. The first kappa shape index (κ1) is 70.3. The van der Waals surface area contributed by atoms with Gasteiger partial charge in [-0.25, -0.2) is 23.1 Å². The number of piperidine rings is 1. The zero-order chi connectivity index (χ0) is 71.7. The summed E-state index contributed by atoms with van der Waals surface area (Å²) in [6.07, 6.45) is -0.880. The number of rotatable bonds is 18. The molecule has 1 atom stereocenters. The summed E-state index contributed by atoms with van der Waals surface area (Å²) in [5.74, 6) is -3.58. The Morgan fingerprint density at radius 3 is 2.13 bits per heavy atom. The minimum Gasteiger partial charge on any atom is -0.456 e. The zero-order valence-electron chi connectivity index (χ0n) is 54.4. The van der Waals surface area contributed by atoms with Crippen molar-refractivity contribution in [3.05, 3.63) is 159 Å². The number of pyridine rings is 1. The van der Waals surface area contributed by atoms with E-state index in [9.17, 15) is 66.5 Å². The topological polar surface area (TPSA) is 273 Å². The number of halogens is 5. The van der Waals surface area contributed by atoms with Gasteiger partial charge in [-0.1, -0.05) is 37.1 Å². The lowest BCUT2D eigenvalue weighted by Gasteiger charge is -2.45. The second-order valence-corrected chi connectivity index (χ2v) is 34.0. The summed E-state index contributed by atoms with van der Waals surface area (Å²) in [4.78, 5) is 49.6. The van der Waals surface area contributed by atoms with Gasteiger partial charge < -0.3 is 25.2 Å². The number of fused-ring (bicyclic) bond motifs is 12. The Morgan fingerprint density at radius 2 is 1.45 bits per heavy atom. The summed E-state index contributed by atoms with van der Waals surface area (Å²) in [6.45, 7) is 8.78. The smallest absolute Gasteiger partial charge is 0.416 e. The maximum Gasteiger partial charge on any atom is 0.416 e. The molecule has 1 saturated heterocycles. The molecular formula is C69H65F5N7O13S6+. The Hall–Kier alpha value is -8.14. The normalized spacial score (nSPS) is 16.5. The number of nitrogens with zero attached hydrogens (tertiary/aromatic N) is 5. The number of thiophene rings is 2. The molecule has 3 aromatic heterocycles. The van der Waals surface area contributed by atoms with Gasteiger partial charge in [-0.15, -0.1) is 34.4 Å². The van der Waals surface area contributed by atoms with Crippen LogP contribution in [-0.2, 0) is 63.7 Å². The number of nitrogens with one attached hydrogen (secondary N) is 2. The molecule has 5 N–H and O–H groups in total. The summed E-state index contributed by atoms with van der Waals surface area (Å²) < 4.78 is 193. The summed E-state index contributed by atoms with van der Waals surface area (Å²) >= 11 is 2.08. The highest BCUT2D eigenvalue weighted by Gasteiger charge is 2.45. The minimum atomic E-state index is -5.67. The summed E-state index contributed by atoms with van der Waals surface area (Å²) in [7, 11) is -11.7. The van der Waals surface area contributed by atoms with Gasteiger partial charge in [0.2, 0.25) is 11.3 Å². The standard InChI is InChI=1S/C69H64F5N7O13S6/c1-67(2)46-28-57(98(85,86)87)96-62(46)42-26-44-53(31-51(42)78(67)5)94-54-32-52-43(63-47(68(3,4)79(52)6)29-58(97-63)99(88,89)90)27-45(54)59(44)60-61(71)55(30-48(70)64(60)100(91,92)93)95-35-41(82)16-9-7-8-10-17-56(83)75-33-36-18-20-39(21-19-36)76-66(84)81-40-15-12-24-80(34-40)50-23-22-49(77-65(50)81)37-13-11-14-38(25-37)69(72,73)74/h11,13-14,18-23,25-32,40H,7-10,12,15-17,24,33-35H2,1-6H3,(H4-,75,76,83,84,85,86,87,88,89,90,91,92,93)/p+1/t40-/m0/s1. The molecule has 0 aliphatic carbocycles. The van der Waals surface area contributed by atoms with Crippen LogP contribution in [-0.4, -0.2) is 101 Å². The Bertz CT molecular complexity index is 5300. The van der Waals surface area contributed by atoms with E-state index >= 15 is 8.78 Å². The van der Waals surface area contributed by atoms with Crippen molar-refractivity contribution in [1.29, 1.82) is 0 Å². The van der Waals surface area contributed by atoms with Crippen LogP contribution in [0.4, 0.5) is 49.6 Å². The molecule has 13 rings (SSSR count). The number of Topliss-reactive ketones (excluding diaryl/α,β-unsaturated/α-hetero) is 1. The van der Waals surface area contributed by atoms with Crippen LogP contribution in [0.15, 0.2) is 121 Å². The number of benzene rings is 5. The van der Waals surface area contributed by atoms with Crippen LogP contribution in [0.1, 0.15) is 112 Å². The number of amides is 3. The van der Waals surface area contributed by atoms with Gasteiger partial charge in [0.15, 0.2) is 11.4 Å². The third-order valence-electron chi connectivity index (χ3n) is 19.3. The molecule has 5 aromatic carbocycles. The molecule has 31 heteroatoms. The van der Waals surface area contributed by atoms with Crippen LogP contribution < -0.4 is 45.2 Å². The van der Waals surface area contributed by atoms with E-state index in [2.05, 4.69) is 15.5 Å². The molecule has 0 saturated carbocycles. The van der Waals surface area contributed by atoms with E-state index in [1.165, 1.54) is 30.3 Å². The number of thioether (sulfide) groups is 1. The molecule has 5 aliphatic rings. The Morgan fingerprint density at radius 1 is 0.770 bits per heavy atom. The van der Waals surface area contributed by atoms with E-state index in [1.54, 1.807) is 73.6 Å². The summed E-state index contributed by atoms with van der Waals surface area (Å²) in [5.41, 5.74) is 0.505. The number of carbonyl (C=O) groups excluding carboxylic acids is 3. The monoisotopic (exact) mass is 1490 g/mol. The lowest BCUT2D eigenvalue weighted by atomic mass is 9.83. The average molecular weight is 1490 g/mol. The maximum atomic E-state index is 18.1. The molecule has 20 nitrogen and oxygen atoms in total. The van der Waals surface area contributed by atoms with Gasteiger partial charge in [0.25, 0.3) is 10.1 Å². The summed E-state index contributed by atoms with van der Waals surface area (Å²) in [5, 5.41) is 6.23. The van der Waals surface area contributed by atoms with Crippen molar-refractivity contribution in [3.63, 3.8) is 0 Å². The number of ether oxygens (including phenoxy) is 1. The Labute approximate surface area is 584 Å². The third-order valence-corrected chi connectivity index (χ3v) is 26.2. The maximum absolute atomic E-state index is 18.1. The zero-order valence-corrected chi connectivity index (χ0v) is 59.3. The SMILES string of the molecule is CN1c2cc3c(cc2-c2sc(S(=O)(=O)O)cc2C1(C)C)C(c1c(F)c(SCC(=O)CCCCCCC(=O)NCc2ccc(NC(=O)N4c5nc(-c6cccc(C(F)(F)F)c6)ccc5N5CCC[C@H]4C5)cc2)cc(F)c1S(=O)(=O)O)=c1cc2c(cc1O3)=[N+](C)C(C)(C)c1cc(S(=O)(=O)O)sc1-2. The van der Waals surface area contributed by atoms with E-state index in [1.807, 2.05) is 37.2 Å². The van der Waals surface area contributed by atoms with Crippen LogP contribution in [0, 0.1) is 11.6 Å². The van der Waals surface area contributed by atoms with Crippen molar-refractivity contribution < 1.29 is 80.0 Å². The molecule has 0 spiro atoms. The average Bonchev–Trinajstić information content (AvgIpc) is 1.24. The number of carbonyl (C=O) groups is 3. The van der Waals surface area contributed by atoms with E-state index < -0.39 is 91.9 Å². The molecule has 8 heterocycles. The fourth-order valence-corrected chi connectivity index (χ4v) is 19.3. The Kier molecular flexibility index (Phi) is 18.1. The first-order valence-electron chi connectivity index (χ1n) is 31.7. The molecule has 0 radical (unpaired) electrons. The number of alkyl halides is 3. The number of anilines is 4. The number of aromatic nitrogens is 1. The fourth-order valence-electron chi connectivity index (χ4n) is 13.7. The van der Waals surface area contributed by atoms with E-state index in [0.29, 0.717) is 122 Å². The number of hydrogen-bond donors (Lipinski definition) is 5. The van der Waals surface area contributed by atoms with Crippen molar-refractivity contribution in [2.75, 3.05) is 53.0 Å². The number of ketones is 1. The van der Waals surface area contributed by atoms with Crippen LogP contribution in [0.2, 0.25) is 0 Å². The predicted octanol–water partition coefficient (Wildman–Crippen LogP) is 13.0. The molecule has 3 amide bonds. The molecule has 2 bridgehead atoms. The summed E-state index contributed by atoms with van der Waals surface area (Å²) in [6, 6.07) is 23.9. The van der Waals surface area contributed by atoms with Gasteiger partial charge in [-0.05, 0) is 117 Å². The number of urea groups is 1. The highest BCUT2D eigenvalue weighted by molar-refractivity contribution is 8.00. The quantitative estimate of drug-likeness (QED) is 0.0176. The first-order valence-corrected chi connectivity index (χ1v) is 38.6. The van der Waals surface area contributed by atoms with Gasteiger partial charge in [0.1, 0.15) is 49.3 Å². The van der Waals surface area contributed by atoms with Gasteiger partial charge in [0, 0.05) is 119 Å². The Balaban J connectivity index is 0.691. The van der Waals surface area contributed by atoms with Crippen molar-refractivity contribution in [2.24, 2.45) is 0 Å². The van der Waals surface area contributed by atoms with Gasteiger partial charge in [0.05, 0.1) is 50.8 Å².